The molecule has 0 spiro atoms. The van der Waals surface area contributed by atoms with Crippen molar-refractivity contribution in [2.24, 2.45) is 0 Å². The number of aliphatic hydroxyl groups excluding tert-OH is 1. The van der Waals surface area contributed by atoms with Gasteiger partial charge >= 0.3 is 5.97 Å². The van der Waals surface area contributed by atoms with Gasteiger partial charge in [0.15, 0.2) is 5.82 Å². The first-order chi connectivity index (χ1) is 19.1. The van der Waals surface area contributed by atoms with Crippen molar-refractivity contribution < 1.29 is 19.4 Å². The molecule has 0 atom stereocenters. The maximum absolute atomic E-state index is 12.4. The summed E-state index contributed by atoms with van der Waals surface area (Å²) in [5.41, 5.74) is 4.76. The maximum Gasteiger partial charge on any atom is 0.338 e. The minimum Gasteiger partial charge on any atom is -0.496 e. The van der Waals surface area contributed by atoms with Crippen LogP contribution in [0.15, 0.2) is 54.9 Å². The quantitative estimate of drug-likeness (QED) is 0.241. The smallest absolute Gasteiger partial charge is 0.338 e. The lowest BCUT2D eigenvalue weighted by Crippen LogP contribution is -2.22. The van der Waals surface area contributed by atoms with Crippen molar-refractivity contribution >= 4 is 39.7 Å². The first kappa shape index (κ1) is 24.9. The molecule has 6 rings (SSSR count). The number of methoxy groups -OCH3 is 1. The Morgan fingerprint density at radius 3 is 2.79 bits per heavy atom. The van der Waals surface area contributed by atoms with Gasteiger partial charge in [0.2, 0.25) is 5.95 Å². The van der Waals surface area contributed by atoms with Gasteiger partial charge in [-0.2, -0.15) is 5.10 Å². The summed E-state index contributed by atoms with van der Waals surface area (Å²) in [5.74, 6) is 1.62. The summed E-state index contributed by atoms with van der Waals surface area (Å²) in [6.07, 6.45) is 6.32. The maximum atomic E-state index is 12.4. The average Bonchev–Trinajstić information content (AvgIpc) is 3.53. The second kappa shape index (κ2) is 10.4. The van der Waals surface area contributed by atoms with E-state index in [1.54, 1.807) is 38.6 Å². The van der Waals surface area contributed by atoms with E-state index in [0.717, 1.165) is 59.0 Å². The molecule has 0 unspecified atom stereocenters. The number of carbonyl (C=O) groups excluding carboxylic acids is 1. The SMILES string of the molecule is CCOC(=O)c1ccc2c(c1)nc(Nc1n[nH]c3ccc(-c4cnccc4OC)cc13)n2C1CCC(O)CC1. The first-order valence-corrected chi connectivity index (χ1v) is 13.2. The summed E-state index contributed by atoms with van der Waals surface area (Å²) in [4.78, 5) is 21.6. The van der Waals surface area contributed by atoms with Crippen molar-refractivity contribution in [3.8, 4) is 16.9 Å². The van der Waals surface area contributed by atoms with Crippen LogP contribution in [0.2, 0.25) is 0 Å². The molecule has 2 aromatic carbocycles. The number of carbonyl (C=O) groups is 1. The highest BCUT2D eigenvalue weighted by atomic mass is 16.5. The molecule has 1 aliphatic rings. The van der Waals surface area contributed by atoms with Gasteiger partial charge in [-0.05, 0) is 74.6 Å². The largest absolute Gasteiger partial charge is 0.496 e. The van der Waals surface area contributed by atoms with Gasteiger partial charge in [0.05, 0.1) is 41.9 Å². The molecule has 3 heterocycles. The minimum atomic E-state index is -0.374. The number of hydrogen-bond donors (Lipinski definition) is 3. The van der Waals surface area contributed by atoms with Gasteiger partial charge in [-0.1, -0.05) is 6.07 Å². The number of hydrogen-bond acceptors (Lipinski definition) is 8. The Balaban J connectivity index is 1.43. The van der Waals surface area contributed by atoms with E-state index in [4.69, 9.17) is 14.5 Å². The number of rotatable bonds is 7. The molecule has 39 heavy (non-hydrogen) atoms. The van der Waals surface area contributed by atoms with Crippen LogP contribution in [-0.2, 0) is 4.74 Å². The number of pyridine rings is 1. The number of nitrogens with zero attached hydrogens (tertiary/aromatic N) is 4. The molecular formula is C29H30N6O4. The van der Waals surface area contributed by atoms with E-state index < -0.39 is 0 Å². The fourth-order valence-electron chi connectivity index (χ4n) is 5.37. The standard InChI is InChI=1S/C29H30N6O4/c1-3-39-28(37)18-5-11-25-24(15-18)31-29(35(25)19-6-8-20(36)9-7-19)32-27-21-14-17(4-10-23(21)33-34-27)22-16-30-13-12-26(22)38-2/h4-5,10-16,19-20,36H,3,6-9H2,1-2H3,(H2,31,32,33,34). The minimum absolute atomic E-state index is 0.148. The predicted molar refractivity (Wildman–Crippen MR) is 148 cm³/mol. The molecule has 0 bridgehead atoms. The lowest BCUT2D eigenvalue weighted by atomic mass is 9.93. The number of anilines is 2. The number of aromatic amines is 1. The van der Waals surface area contributed by atoms with Crippen molar-refractivity contribution in [3.05, 3.63) is 60.4 Å². The number of ether oxygens (including phenoxy) is 2. The summed E-state index contributed by atoms with van der Waals surface area (Å²) in [5, 5.41) is 22.1. The van der Waals surface area contributed by atoms with Gasteiger partial charge in [0.25, 0.3) is 0 Å². The van der Waals surface area contributed by atoms with Crippen LogP contribution in [0.3, 0.4) is 0 Å². The van der Waals surface area contributed by atoms with Gasteiger partial charge in [0, 0.05) is 29.4 Å². The molecule has 10 nitrogen and oxygen atoms in total. The monoisotopic (exact) mass is 526 g/mol. The summed E-state index contributed by atoms with van der Waals surface area (Å²) in [6.45, 7) is 2.09. The molecule has 1 fully saturated rings. The van der Waals surface area contributed by atoms with E-state index >= 15 is 0 Å². The second-order valence-electron chi connectivity index (χ2n) is 9.73. The van der Waals surface area contributed by atoms with Crippen LogP contribution in [0.25, 0.3) is 33.1 Å². The van der Waals surface area contributed by atoms with Crippen LogP contribution in [0.5, 0.6) is 5.75 Å². The molecule has 200 valence electrons. The third-order valence-electron chi connectivity index (χ3n) is 7.34. The highest BCUT2D eigenvalue weighted by molar-refractivity contribution is 5.96. The van der Waals surface area contributed by atoms with Crippen LogP contribution in [0.4, 0.5) is 11.8 Å². The molecule has 10 heteroatoms. The molecule has 3 N–H and O–H groups in total. The van der Waals surface area contributed by atoms with E-state index in [9.17, 15) is 9.90 Å². The molecule has 0 saturated heterocycles. The van der Waals surface area contributed by atoms with Crippen molar-refractivity contribution in [3.63, 3.8) is 0 Å². The third-order valence-corrected chi connectivity index (χ3v) is 7.34. The van der Waals surface area contributed by atoms with Gasteiger partial charge in [-0.25, -0.2) is 9.78 Å². The van der Waals surface area contributed by atoms with Crippen LogP contribution < -0.4 is 10.1 Å². The van der Waals surface area contributed by atoms with E-state index in [1.807, 2.05) is 30.3 Å². The normalized spacial score (nSPS) is 17.4. The molecule has 1 aliphatic carbocycles. The topological polar surface area (TPSA) is 127 Å². The van der Waals surface area contributed by atoms with Gasteiger partial charge in [-0.3, -0.25) is 10.1 Å². The first-order valence-electron chi connectivity index (χ1n) is 13.2. The van der Waals surface area contributed by atoms with Crippen molar-refractivity contribution in [2.75, 3.05) is 19.0 Å². The molecule has 1 saturated carbocycles. The van der Waals surface area contributed by atoms with Crippen molar-refractivity contribution in [1.82, 2.24) is 24.7 Å². The average molecular weight is 527 g/mol. The Bertz CT molecular complexity index is 1650. The van der Waals surface area contributed by atoms with Gasteiger partial charge in [0.1, 0.15) is 5.75 Å². The van der Waals surface area contributed by atoms with Crippen LogP contribution in [-0.4, -0.2) is 55.6 Å². The fraction of sp³-hybridized carbons (Fsp3) is 0.310. The molecule has 0 radical (unpaired) electrons. The van der Waals surface area contributed by atoms with Crippen LogP contribution in [0, 0.1) is 0 Å². The lowest BCUT2D eigenvalue weighted by Gasteiger charge is -2.28. The van der Waals surface area contributed by atoms with E-state index in [0.29, 0.717) is 29.5 Å². The molecule has 3 aromatic heterocycles. The third kappa shape index (κ3) is 4.67. The predicted octanol–water partition coefficient (Wildman–Crippen LogP) is 5.38. The number of aliphatic hydroxyl groups is 1. The van der Waals surface area contributed by atoms with Crippen molar-refractivity contribution in [1.29, 1.82) is 0 Å². The van der Waals surface area contributed by atoms with Gasteiger partial charge < -0.3 is 24.5 Å². The summed E-state index contributed by atoms with van der Waals surface area (Å²) >= 11 is 0. The molecular weight excluding hydrogens is 496 g/mol. The molecule has 0 amide bonds. The Morgan fingerprint density at radius 1 is 1.15 bits per heavy atom. The molecule has 0 aliphatic heterocycles. The van der Waals surface area contributed by atoms with E-state index in [2.05, 4.69) is 25.1 Å². The molecule has 5 aromatic rings. The number of H-pyrrole nitrogens is 1. The van der Waals surface area contributed by atoms with Crippen molar-refractivity contribution in [2.45, 2.75) is 44.8 Å². The fourth-order valence-corrected chi connectivity index (χ4v) is 5.37. The zero-order chi connectivity index (χ0) is 26.9. The number of nitrogens with one attached hydrogen (secondary N) is 2. The zero-order valence-electron chi connectivity index (χ0n) is 21.8. The van der Waals surface area contributed by atoms with Crippen LogP contribution >= 0.6 is 0 Å². The summed E-state index contributed by atoms with van der Waals surface area (Å²) < 4.78 is 12.9. The number of fused-ring (bicyclic) bond motifs is 2. The zero-order valence-corrected chi connectivity index (χ0v) is 21.8. The number of esters is 1. The Morgan fingerprint density at radius 2 is 2.00 bits per heavy atom. The highest BCUT2D eigenvalue weighted by Crippen LogP contribution is 2.37. The number of imidazole rings is 1. The van der Waals surface area contributed by atoms with E-state index in [1.165, 1.54) is 0 Å². The number of benzene rings is 2. The van der Waals surface area contributed by atoms with Crippen LogP contribution in [0.1, 0.15) is 49.0 Å². The Hall–Kier alpha value is -4.44. The lowest BCUT2D eigenvalue weighted by molar-refractivity contribution is 0.0526. The summed E-state index contributed by atoms with van der Waals surface area (Å²) in [6, 6.07) is 13.5. The van der Waals surface area contributed by atoms with E-state index in [-0.39, 0.29) is 18.1 Å². The highest BCUT2D eigenvalue weighted by Gasteiger charge is 2.26. The second-order valence-corrected chi connectivity index (χ2v) is 9.73. The Labute approximate surface area is 225 Å². The number of aromatic nitrogens is 5. The summed E-state index contributed by atoms with van der Waals surface area (Å²) in [7, 11) is 1.64. The van der Waals surface area contributed by atoms with Gasteiger partial charge in [-0.15, -0.1) is 0 Å². The Kier molecular flexibility index (Phi) is 6.62.